The van der Waals surface area contributed by atoms with Crippen molar-refractivity contribution >= 4 is 21.8 Å². The standard InChI is InChI=1S/C19H20F3N3/c1-12-6-7-14-15-8-9-23-18(19(20,21)22)17(15)25(16(14)11-12)24-10-4-3-5-13(24)2/h6-9,11,13H,3-5,10H2,1-2H3. The van der Waals surface area contributed by atoms with Crippen molar-refractivity contribution in [2.24, 2.45) is 0 Å². The van der Waals surface area contributed by atoms with Crippen molar-refractivity contribution in [2.75, 3.05) is 11.6 Å². The molecule has 25 heavy (non-hydrogen) atoms. The molecule has 2 aromatic heterocycles. The van der Waals surface area contributed by atoms with Gasteiger partial charge in [0.15, 0.2) is 5.69 Å². The van der Waals surface area contributed by atoms with Crippen molar-refractivity contribution in [3.05, 3.63) is 41.7 Å². The van der Waals surface area contributed by atoms with Crippen LogP contribution in [0.5, 0.6) is 0 Å². The molecule has 0 N–H and O–H groups in total. The molecule has 1 unspecified atom stereocenters. The number of aromatic nitrogens is 2. The van der Waals surface area contributed by atoms with Crippen LogP contribution in [0, 0.1) is 6.92 Å². The lowest BCUT2D eigenvalue weighted by Crippen LogP contribution is -2.45. The predicted molar refractivity (Wildman–Crippen MR) is 93.4 cm³/mol. The van der Waals surface area contributed by atoms with Crippen LogP contribution in [0.15, 0.2) is 30.5 Å². The molecule has 132 valence electrons. The maximum atomic E-state index is 13.7. The van der Waals surface area contributed by atoms with Crippen molar-refractivity contribution < 1.29 is 13.2 Å². The number of aryl methyl sites for hydroxylation is 1. The third kappa shape index (κ3) is 2.55. The van der Waals surface area contributed by atoms with Gasteiger partial charge in [0.2, 0.25) is 0 Å². The second kappa shape index (κ2) is 5.64. The summed E-state index contributed by atoms with van der Waals surface area (Å²) in [6.07, 6.45) is -0.153. The van der Waals surface area contributed by atoms with Crippen molar-refractivity contribution in [2.45, 2.75) is 45.3 Å². The van der Waals surface area contributed by atoms with Gasteiger partial charge in [0, 0.05) is 29.6 Å². The zero-order valence-corrected chi connectivity index (χ0v) is 14.3. The molecule has 6 heteroatoms. The summed E-state index contributed by atoms with van der Waals surface area (Å²) in [7, 11) is 0. The molecule has 1 saturated heterocycles. The zero-order valence-electron chi connectivity index (χ0n) is 14.3. The Bertz CT molecular complexity index is 942. The van der Waals surface area contributed by atoms with Gasteiger partial charge in [-0.25, -0.2) is 4.98 Å². The van der Waals surface area contributed by atoms with E-state index in [9.17, 15) is 13.2 Å². The number of halogens is 3. The van der Waals surface area contributed by atoms with Crippen LogP contribution in [-0.2, 0) is 6.18 Å². The average molecular weight is 347 g/mol. The van der Waals surface area contributed by atoms with Crippen molar-refractivity contribution in [3.63, 3.8) is 0 Å². The average Bonchev–Trinajstić information content (AvgIpc) is 2.87. The van der Waals surface area contributed by atoms with E-state index in [0.717, 1.165) is 42.3 Å². The van der Waals surface area contributed by atoms with Gasteiger partial charge in [-0.1, -0.05) is 12.1 Å². The molecule has 0 amide bonds. The summed E-state index contributed by atoms with van der Waals surface area (Å²) in [6, 6.07) is 7.70. The summed E-state index contributed by atoms with van der Waals surface area (Å²) in [6.45, 7) is 4.79. The van der Waals surface area contributed by atoms with E-state index in [1.807, 2.05) is 25.1 Å². The summed E-state index contributed by atoms with van der Waals surface area (Å²) in [5.41, 5.74) is 1.21. The molecular weight excluding hydrogens is 327 g/mol. The van der Waals surface area contributed by atoms with Gasteiger partial charge in [-0.3, -0.25) is 4.68 Å². The zero-order chi connectivity index (χ0) is 17.8. The fourth-order valence-electron chi connectivity index (χ4n) is 3.91. The van der Waals surface area contributed by atoms with E-state index < -0.39 is 11.9 Å². The topological polar surface area (TPSA) is 21.1 Å². The second-order valence-electron chi connectivity index (χ2n) is 6.89. The van der Waals surface area contributed by atoms with Crippen LogP contribution in [-0.4, -0.2) is 22.2 Å². The Hall–Kier alpha value is -2.24. The Morgan fingerprint density at radius 2 is 1.92 bits per heavy atom. The first-order chi connectivity index (χ1) is 11.9. The van der Waals surface area contributed by atoms with Gasteiger partial charge in [-0.2, -0.15) is 13.2 Å². The molecule has 4 rings (SSSR count). The van der Waals surface area contributed by atoms with E-state index in [2.05, 4.69) is 16.9 Å². The Morgan fingerprint density at radius 3 is 2.64 bits per heavy atom. The van der Waals surface area contributed by atoms with Gasteiger partial charge in [0.1, 0.15) is 5.52 Å². The molecule has 0 bridgehead atoms. The third-order valence-corrected chi connectivity index (χ3v) is 5.10. The minimum atomic E-state index is -4.49. The molecule has 1 aliphatic rings. The summed E-state index contributed by atoms with van der Waals surface area (Å²) in [5.74, 6) is 0. The lowest BCUT2D eigenvalue weighted by atomic mass is 10.1. The van der Waals surface area contributed by atoms with E-state index in [1.165, 1.54) is 6.20 Å². The van der Waals surface area contributed by atoms with Crippen molar-refractivity contribution in [1.82, 2.24) is 9.66 Å². The quantitative estimate of drug-likeness (QED) is 0.616. The van der Waals surface area contributed by atoms with Gasteiger partial charge in [-0.15, -0.1) is 0 Å². The number of hydrogen-bond acceptors (Lipinski definition) is 2. The summed E-state index contributed by atoms with van der Waals surface area (Å²) in [5, 5.41) is 3.52. The van der Waals surface area contributed by atoms with Crippen LogP contribution in [0.2, 0.25) is 0 Å². The highest BCUT2D eigenvalue weighted by molar-refractivity contribution is 6.09. The molecule has 3 heterocycles. The van der Waals surface area contributed by atoms with E-state index in [-0.39, 0.29) is 11.6 Å². The van der Waals surface area contributed by atoms with Gasteiger partial charge in [0.05, 0.1) is 5.52 Å². The molecule has 3 aromatic rings. The third-order valence-electron chi connectivity index (χ3n) is 5.10. The minimum absolute atomic E-state index is 0.171. The van der Waals surface area contributed by atoms with Crippen LogP contribution >= 0.6 is 0 Å². The smallest absolute Gasteiger partial charge is 0.309 e. The molecule has 1 aliphatic heterocycles. The lowest BCUT2D eigenvalue weighted by molar-refractivity contribution is -0.140. The predicted octanol–water partition coefficient (Wildman–Crippen LogP) is 5.03. The minimum Gasteiger partial charge on any atom is -0.309 e. The summed E-state index contributed by atoms with van der Waals surface area (Å²) < 4.78 is 42.8. The van der Waals surface area contributed by atoms with Crippen LogP contribution in [0.1, 0.15) is 37.4 Å². The Kier molecular flexibility index (Phi) is 3.67. The highest BCUT2D eigenvalue weighted by atomic mass is 19.4. The molecule has 0 spiro atoms. The van der Waals surface area contributed by atoms with Gasteiger partial charge in [-0.05, 0) is 50.8 Å². The molecule has 1 atom stereocenters. The number of piperidine rings is 1. The maximum absolute atomic E-state index is 13.7. The molecule has 0 saturated carbocycles. The molecule has 3 nitrogen and oxygen atoms in total. The van der Waals surface area contributed by atoms with Crippen LogP contribution in [0.25, 0.3) is 21.8 Å². The molecule has 1 aromatic carbocycles. The number of hydrogen-bond donors (Lipinski definition) is 0. The number of pyridine rings is 1. The van der Waals surface area contributed by atoms with Crippen molar-refractivity contribution in [1.29, 1.82) is 0 Å². The number of alkyl halides is 3. The monoisotopic (exact) mass is 347 g/mol. The van der Waals surface area contributed by atoms with E-state index in [0.29, 0.717) is 5.39 Å². The highest BCUT2D eigenvalue weighted by Crippen LogP contribution is 2.38. The van der Waals surface area contributed by atoms with Gasteiger partial charge < -0.3 is 5.01 Å². The largest absolute Gasteiger partial charge is 0.435 e. The van der Waals surface area contributed by atoms with Crippen LogP contribution in [0.4, 0.5) is 13.2 Å². The highest BCUT2D eigenvalue weighted by Gasteiger charge is 2.37. The first-order valence-corrected chi connectivity index (χ1v) is 8.62. The second-order valence-corrected chi connectivity index (χ2v) is 6.89. The van der Waals surface area contributed by atoms with Crippen LogP contribution in [0.3, 0.4) is 0 Å². The number of benzene rings is 1. The van der Waals surface area contributed by atoms with E-state index in [1.54, 1.807) is 10.7 Å². The fourth-order valence-corrected chi connectivity index (χ4v) is 3.91. The van der Waals surface area contributed by atoms with Crippen LogP contribution < -0.4 is 5.01 Å². The lowest BCUT2D eigenvalue weighted by Gasteiger charge is -2.37. The summed E-state index contributed by atoms with van der Waals surface area (Å²) in [4.78, 5) is 3.70. The normalized spacial score (nSPS) is 19.1. The SMILES string of the molecule is Cc1ccc2c3ccnc(C(F)(F)F)c3n(N3CCCCC3C)c2c1. The number of fused-ring (bicyclic) bond motifs is 3. The van der Waals surface area contributed by atoms with E-state index in [4.69, 9.17) is 0 Å². The summed E-state index contributed by atoms with van der Waals surface area (Å²) >= 11 is 0. The molecule has 0 radical (unpaired) electrons. The van der Waals surface area contributed by atoms with E-state index >= 15 is 0 Å². The van der Waals surface area contributed by atoms with Gasteiger partial charge in [0.25, 0.3) is 0 Å². The first-order valence-electron chi connectivity index (χ1n) is 8.62. The molecule has 0 aliphatic carbocycles. The van der Waals surface area contributed by atoms with Crippen molar-refractivity contribution in [3.8, 4) is 0 Å². The Balaban J connectivity index is 2.14. The fraction of sp³-hybridized carbons (Fsp3) is 0.421. The molecular formula is C19H20F3N3. The Morgan fingerprint density at radius 1 is 1.12 bits per heavy atom. The first kappa shape index (κ1) is 16.2. The number of nitrogens with zero attached hydrogens (tertiary/aromatic N) is 3. The Labute approximate surface area is 144 Å². The number of rotatable bonds is 1. The molecule has 1 fully saturated rings. The van der Waals surface area contributed by atoms with Gasteiger partial charge >= 0.3 is 6.18 Å². The maximum Gasteiger partial charge on any atom is 0.435 e.